The molecule has 108 valence electrons. The third-order valence-electron chi connectivity index (χ3n) is 3.59. The summed E-state index contributed by atoms with van der Waals surface area (Å²) in [6.07, 6.45) is 0. The van der Waals surface area contributed by atoms with Crippen LogP contribution in [-0.4, -0.2) is 12.5 Å². The van der Waals surface area contributed by atoms with E-state index in [0.29, 0.717) is 0 Å². The standard InChI is InChI=1S/C17H18N2OS/c1-3-18-16-13-9-8-12(10-14(13)19-17(16)20)21-15-7-5-4-6-11(15)2/h4-10,16,18H,3H2,1-2H3,(H,19,20). The average Bonchev–Trinajstić information content (AvgIpc) is 2.78. The van der Waals surface area contributed by atoms with Crippen molar-refractivity contribution in [3.8, 4) is 0 Å². The number of likely N-dealkylation sites (N-methyl/N-ethyl adjacent to an activating group) is 1. The molecule has 0 fully saturated rings. The molecule has 0 bridgehead atoms. The molecule has 1 aliphatic rings. The Morgan fingerprint density at radius 1 is 1.24 bits per heavy atom. The van der Waals surface area contributed by atoms with Gasteiger partial charge in [-0.1, -0.05) is 43.0 Å². The number of amides is 1. The lowest BCUT2D eigenvalue weighted by atomic mass is 10.1. The monoisotopic (exact) mass is 298 g/mol. The van der Waals surface area contributed by atoms with Crippen LogP contribution in [0.25, 0.3) is 0 Å². The molecule has 1 amide bonds. The molecule has 1 unspecified atom stereocenters. The van der Waals surface area contributed by atoms with Gasteiger partial charge in [-0.25, -0.2) is 0 Å². The van der Waals surface area contributed by atoms with Gasteiger partial charge in [0.05, 0.1) is 0 Å². The van der Waals surface area contributed by atoms with Crippen molar-refractivity contribution in [3.63, 3.8) is 0 Å². The quantitative estimate of drug-likeness (QED) is 0.903. The van der Waals surface area contributed by atoms with Gasteiger partial charge >= 0.3 is 0 Å². The summed E-state index contributed by atoms with van der Waals surface area (Å²) in [5, 5.41) is 6.17. The maximum absolute atomic E-state index is 12.0. The highest BCUT2D eigenvalue weighted by Crippen LogP contribution is 2.37. The Morgan fingerprint density at radius 3 is 2.81 bits per heavy atom. The van der Waals surface area contributed by atoms with Crippen molar-refractivity contribution in [2.24, 2.45) is 0 Å². The molecule has 1 aliphatic heterocycles. The number of anilines is 1. The van der Waals surface area contributed by atoms with E-state index in [9.17, 15) is 4.79 Å². The zero-order valence-corrected chi connectivity index (χ0v) is 13.0. The molecule has 0 saturated carbocycles. The van der Waals surface area contributed by atoms with E-state index >= 15 is 0 Å². The van der Waals surface area contributed by atoms with E-state index in [1.165, 1.54) is 10.5 Å². The minimum absolute atomic E-state index is 0.0323. The molecule has 4 heteroatoms. The van der Waals surface area contributed by atoms with Crippen LogP contribution in [0.3, 0.4) is 0 Å². The molecule has 3 rings (SSSR count). The second kappa shape index (κ2) is 5.92. The lowest BCUT2D eigenvalue weighted by Crippen LogP contribution is -2.27. The van der Waals surface area contributed by atoms with E-state index < -0.39 is 0 Å². The van der Waals surface area contributed by atoms with Gasteiger partial charge in [-0.05, 0) is 37.2 Å². The molecule has 0 radical (unpaired) electrons. The molecule has 21 heavy (non-hydrogen) atoms. The van der Waals surface area contributed by atoms with Crippen molar-refractivity contribution in [2.45, 2.75) is 29.7 Å². The first-order valence-corrected chi connectivity index (χ1v) is 7.92. The topological polar surface area (TPSA) is 41.1 Å². The molecule has 2 aromatic rings. The van der Waals surface area contributed by atoms with Crippen molar-refractivity contribution in [1.29, 1.82) is 0 Å². The van der Waals surface area contributed by atoms with Crippen molar-refractivity contribution < 1.29 is 4.79 Å². The molecular weight excluding hydrogens is 280 g/mol. The highest BCUT2D eigenvalue weighted by molar-refractivity contribution is 7.99. The first-order chi connectivity index (χ1) is 10.2. The Hall–Kier alpha value is -1.78. The molecule has 0 aliphatic carbocycles. The smallest absolute Gasteiger partial charge is 0.246 e. The van der Waals surface area contributed by atoms with Crippen LogP contribution in [0.2, 0.25) is 0 Å². The number of benzene rings is 2. The Kier molecular flexibility index (Phi) is 3.99. The molecular formula is C17H18N2OS. The van der Waals surface area contributed by atoms with E-state index in [0.717, 1.165) is 22.7 Å². The van der Waals surface area contributed by atoms with Crippen molar-refractivity contribution >= 4 is 23.4 Å². The van der Waals surface area contributed by atoms with Crippen LogP contribution in [0, 0.1) is 6.92 Å². The van der Waals surface area contributed by atoms with E-state index in [2.05, 4.69) is 41.8 Å². The van der Waals surface area contributed by atoms with Gasteiger partial charge in [-0.15, -0.1) is 0 Å². The number of nitrogens with one attached hydrogen (secondary N) is 2. The second-order valence-corrected chi connectivity index (χ2v) is 6.21. The zero-order valence-electron chi connectivity index (χ0n) is 12.1. The van der Waals surface area contributed by atoms with Gasteiger partial charge in [0.25, 0.3) is 0 Å². The van der Waals surface area contributed by atoms with Gasteiger partial charge in [0.1, 0.15) is 6.04 Å². The molecule has 0 saturated heterocycles. The van der Waals surface area contributed by atoms with Crippen molar-refractivity contribution in [3.05, 3.63) is 53.6 Å². The van der Waals surface area contributed by atoms with Crippen LogP contribution >= 0.6 is 11.8 Å². The molecule has 3 nitrogen and oxygen atoms in total. The summed E-state index contributed by atoms with van der Waals surface area (Å²) in [6.45, 7) is 4.89. The van der Waals surface area contributed by atoms with Crippen LogP contribution in [0.5, 0.6) is 0 Å². The lowest BCUT2D eigenvalue weighted by Gasteiger charge is -2.10. The van der Waals surface area contributed by atoms with Crippen LogP contribution in [0.15, 0.2) is 52.3 Å². The first kappa shape index (κ1) is 14.2. The number of hydrogen-bond donors (Lipinski definition) is 2. The number of fused-ring (bicyclic) bond motifs is 1. The molecule has 0 spiro atoms. The highest BCUT2D eigenvalue weighted by atomic mass is 32.2. The SMILES string of the molecule is CCNC1C(=O)Nc2cc(Sc3ccccc3C)ccc21. The fraction of sp³-hybridized carbons (Fsp3) is 0.235. The highest BCUT2D eigenvalue weighted by Gasteiger charge is 2.29. The number of carbonyl (C=O) groups excluding carboxylic acids is 1. The van der Waals surface area contributed by atoms with Gasteiger partial charge in [-0.3, -0.25) is 4.79 Å². The largest absolute Gasteiger partial charge is 0.324 e. The van der Waals surface area contributed by atoms with E-state index in [-0.39, 0.29) is 11.9 Å². The Bertz CT molecular complexity index is 684. The van der Waals surface area contributed by atoms with Gasteiger partial charge in [-0.2, -0.15) is 0 Å². The van der Waals surface area contributed by atoms with E-state index in [4.69, 9.17) is 0 Å². The predicted molar refractivity (Wildman–Crippen MR) is 86.8 cm³/mol. The molecule has 0 aromatic heterocycles. The summed E-state index contributed by atoms with van der Waals surface area (Å²) in [4.78, 5) is 14.3. The zero-order chi connectivity index (χ0) is 14.8. The number of carbonyl (C=O) groups is 1. The first-order valence-electron chi connectivity index (χ1n) is 7.10. The van der Waals surface area contributed by atoms with E-state index in [1.54, 1.807) is 11.8 Å². The minimum atomic E-state index is -0.220. The maximum atomic E-state index is 12.0. The fourth-order valence-electron chi connectivity index (χ4n) is 2.51. The summed E-state index contributed by atoms with van der Waals surface area (Å²) in [5.74, 6) is 0.0323. The molecule has 1 heterocycles. The summed E-state index contributed by atoms with van der Waals surface area (Å²) < 4.78 is 0. The summed E-state index contributed by atoms with van der Waals surface area (Å²) in [5.41, 5.74) is 3.22. The Labute approximate surface area is 129 Å². The van der Waals surface area contributed by atoms with Crippen LogP contribution in [-0.2, 0) is 4.79 Å². The summed E-state index contributed by atoms with van der Waals surface area (Å²) in [7, 11) is 0. The Balaban J connectivity index is 1.86. The van der Waals surface area contributed by atoms with Crippen LogP contribution in [0.1, 0.15) is 24.1 Å². The number of aryl methyl sites for hydroxylation is 1. The maximum Gasteiger partial charge on any atom is 0.246 e. The second-order valence-electron chi connectivity index (χ2n) is 5.10. The lowest BCUT2D eigenvalue weighted by molar-refractivity contribution is -0.117. The molecule has 1 atom stereocenters. The normalized spacial score (nSPS) is 16.7. The third-order valence-corrected chi connectivity index (χ3v) is 4.75. The van der Waals surface area contributed by atoms with Gasteiger partial charge in [0, 0.05) is 21.0 Å². The van der Waals surface area contributed by atoms with Gasteiger partial charge in [0.2, 0.25) is 5.91 Å². The third kappa shape index (κ3) is 2.82. The number of hydrogen-bond acceptors (Lipinski definition) is 3. The molecule has 2 aromatic carbocycles. The predicted octanol–water partition coefficient (Wildman–Crippen LogP) is 3.75. The Morgan fingerprint density at radius 2 is 2.05 bits per heavy atom. The van der Waals surface area contributed by atoms with Crippen LogP contribution in [0.4, 0.5) is 5.69 Å². The minimum Gasteiger partial charge on any atom is -0.324 e. The van der Waals surface area contributed by atoms with Crippen molar-refractivity contribution in [1.82, 2.24) is 5.32 Å². The fourth-order valence-corrected chi connectivity index (χ4v) is 3.45. The summed E-state index contributed by atoms with van der Waals surface area (Å²) in [6, 6.07) is 14.3. The summed E-state index contributed by atoms with van der Waals surface area (Å²) >= 11 is 1.72. The van der Waals surface area contributed by atoms with E-state index in [1.807, 2.05) is 25.1 Å². The van der Waals surface area contributed by atoms with Crippen molar-refractivity contribution in [2.75, 3.05) is 11.9 Å². The molecule has 2 N–H and O–H groups in total. The number of rotatable bonds is 4. The average molecular weight is 298 g/mol. The van der Waals surface area contributed by atoms with Crippen LogP contribution < -0.4 is 10.6 Å². The van der Waals surface area contributed by atoms with Gasteiger partial charge in [0.15, 0.2) is 0 Å². The van der Waals surface area contributed by atoms with Gasteiger partial charge < -0.3 is 10.6 Å².